The Morgan fingerprint density at radius 2 is 2.18 bits per heavy atom. The number of nitrogens with zero attached hydrogens (tertiary/aromatic N) is 3. The predicted molar refractivity (Wildman–Crippen MR) is 108 cm³/mol. The maximum Gasteiger partial charge on any atom is 0.413 e. The highest BCUT2D eigenvalue weighted by molar-refractivity contribution is 8.13. The van der Waals surface area contributed by atoms with E-state index in [-0.39, 0.29) is 11.6 Å². The summed E-state index contributed by atoms with van der Waals surface area (Å²) < 4.78 is 5.52. The number of nitro benzene ring substituents is 1. The van der Waals surface area contributed by atoms with E-state index in [1.807, 2.05) is 20.8 Å². The van der Waals surface area contributed by atoms with E-state index in [0.29, 0.717) is 28.7 Å². The van der Waals surface area contributed by atoms with Gasteiger partial charge in [0.1, 0.15) is 5.75 Å². The Balaban J connectivity index is 2.20. The topological polar surface area (TPSA) is 105 Å². The molecule has 0 spiro atoms. The third kappa shape index (κ3) is 3.43. The molecule has 1 aliphatic heterocycles. The molecule has 0 saturated heterocycles. The minimum atomic E-state index is -1.06. The van der Waals surface area contributed by atoms with Crippen LogP contribution in [0.2, 0.25) is 0 Å². The van der Waals surface area contributed by atoms with Crippen molar-refractivity contribution in [2.45, 2.75) is 51.1 Å². The van der Waals surface area contributed by atoms with Gasteiger partial charge in [-0.25, -0.2) is 9.79 Å². The fourth-order valence-electron chi connectivity index (χ4n) is 4.14. The predicted octanol–water partition coefficient (Wildman–Crippen LogP) is 4.48. The van der Waals surface area contributed by atoms with Crippen LogP contribution in [0.3, 0.4) is 0 Å². The summed E-state index contributed by atoms with van der Waals surface area (Å²) in [4.78, 5) is 29.1. The number of hydrogen-bond acceptors (Lipinski definition) is 6. The van der Waals surface area contributed by atoms with Crippen molar-refractivity contribution in [2.75, 3.05) is 12.9 Å². The average Bonchev–Trinajstić information content (AvgIpc) is 3.03. The van der Waals surface area contributed by atoms with Gasteiger partial charge in [-0.05, 0) is 45.6 Å². The van der Waals surface area contributed by atoms with Crippen molar-refractivity contribution in [1.29, 1.82) is 0 Å². The summed E-state index contributed by atoms with van der Waals surface area (Å²) >= 11 is 1.44. The monoisotopic (exact) mass is 407 g/mol. The zero-order chi connectivity index (χ0) is 20.7. The van der Waals surface area contributed by atoms with Crippen molar-refractivity contribution in [3.05, 3.63) is 33.9 Å². The van der Waals surface area contributed by atoms with Crippen molar-refractivity contribution in [3.63, 3.8) is 0 Å². The lowest BCUT2D eigenvalue weighted by Crippen LogP contribution is -2.50. The highest BCUT2D eigenvalue weighted by Gasteiger charge is 2.50. The number of benzene rings is 1. The first-order valence-corrected chi connectivity index (χ1v) is 10.2. The smallest absolute Gasteiger partial charge is 0.413 e. The Bertz CT molecular complexity index is 835. The van der Waals surface area contributed by atoms with E-state index in [1.165, 1.54) is 35.9 Å². The summed E-state index contributed by atoms with van der Waals surface area (Å²) in [5.74, 6) is 1.43. The summed E-state index contributed by atoms with van der Waals surface area (Å²) in [6.45, 7) is 5.47. The van der Waals surface area contributed by atoms with Crippen LogP contribution < -0.4 is 4.74 Å². The first-order chi connectivity index (χ1) is 13.1. The zero-order valence-corrected chi connectivity index (χ0v) is 17.3. The van der Waals surface area contributed by atoms with Gasteiger partial charge in [-0.3, -0.25) is 15.0 Å². The lowest BCUT2D eigenvalue weighted by atomic mass is 9.81. The van der Waals surface area contributed by atoms with Crippen molar-refractivity contribution in [1.82, 2.24) is 4.90 Å². The maximum absolute atomic E-state index is 12.0. The Morgan fingerprint density at radius 1 is 1.46 bits per heavy atom. The standard InChI is InChI=1S/C19H25N3O5S/c1-18(2,3)21(17(23)24)16-20-19(9-5-6-12(19)11-28-16)14-10-13(22(25)26)7-8-15(14)27-4/h7-8,10,12H,5-6,9,11H2,1-4H3,(H,23,24)/t12-,19-/m0/s1. The average molecular weight is 407 g/mol. The van der Waals surface area contributed by atoms with Gasteiger partial charge >= 0.3 is 6.09 Å². The number of fused-ring (bicyclic) bond motifs is 1. The molecule has 152 valence electrons. The van der Waals surface area contributed by atoms with Crippen LogP contribution in [0.1, 0.15) is 45.6 Å². The van der Waals surface area contributed by atoms with Gasteiger partial charge in [0.05, 0.1) is 17.6 Å². The fraction of sp³-hybridized carbons (Fsp3) is 0.579. The summed E-state index contributed by atoms with van der Waals surface area (Å²) in [7, 11) is 1.53. The molecule has 0 radical (unpaired) electrons. The van der Waals surface area contributed by atoms with Crippen molar-refractivity contribution < 1.29 is 19.6 Å². The summed E-state index contributed by atoms with van der Waals surface area (Å²) in [6.07, 6.45) is 1.52. The summed E-state index contributed by atoms with van der Waals surface area (Å²) in [5, 5.41) is 21.6. The second kappa shape index (κ2) is 7.27. The number of amides is 1. The molecule has 1 amide bonds. The van der Waals surface area contributed by atoms with E-state index in [1.54, 1.807) is 6.07 Å². The van der Waals surface area contributed by atoms with Crippen LogP contribution in [0.4, 0.5) is 10.5 Å². The Morgan fingerprint density at radius 3 is 2.75 bits per heavy atom. The molecular weight excluding hydrogens is 382 g/mol. The fourth-order valence-corrected chi connectivity index (χ4v) is 5.64. The molecule has 1 heterocycles. The highest BCUT2D eigenvalue weighted by atomic mass is 32.2. The lowest BCUT2D eigenvalue weighted by molar-refractivity contribution is -0.385. The van der Waals surface area contributed by atoms with Gasteiger partial charge in [-0.15, -0.1) is 0 Å². The SMILES string of the molecule is COc1ccc([N+](=O)[O-])cc1[C@]12CCC[C@H]1CSC(N(C(=O)O)C(C)(C)C)=N2. The Kier molecular flexibility index (Phi) is 5.31. The molecule has 1 aliphatic carbocycles. The summed E-state index contributed by atoms with van der Waals surface area (Å²) in [6, 6.07) is 4.56. The molecule has 0 aromatic heterocycles. The molecule has 0 unspecified atom stereocenters. The second-order valence-corrected chi connectivity index (χ2v) is 9.14. The molecule has 8 nitrogen and oxygen atoms in total. The van der Waals surface area contributed by atoms with Crippen molar-refractivity contribution in [3.8, 4) is 5.75 Å². The first-order valence-electron chi connectivity index (χ1n) is 9.19. The van der Waals surface area contributed by atoms with E-state index in [0.717, 1.165) is 12.8 Å². The molecule has 2 aliphatic rings. The quantitative estimate of drug-likeness (QED) is 0.585. The molecule has 2 atom stereocenters. The van der Waals surface area contributed by atoms with Crippen LogP contribution >= 0.6 is 11.8 Å². The Labute approximate surface area is 168 Å². The van der Waals surface area contributed by atoms with E-state index in [4.69, 9.17) is 9.73 Å². The van der Waals surface area contributed by atoms with E-state index in [2.05, 4.69) is 0 Å². The number of non-ortho nitro benzene ring substituents is 1. The van der Waals surface area contributed by atoms with E-state index >= 15 is 0 Å². The number of ether oxygens (including phenoxy) is 1. The van der Waals surface area contributed by atoms with Gasteiger partial charge < -0.3 is 9.84 Å². The van der Waals surface area contributed by atoms with Crippen LogP contribution in [0.5, 0.6) is 5.75 Å². The molecule has 3 rings (SSSR count). The number of aliphatic imine (C=N–C) groups is 1. The molecule has 1 fully saturated rings. The highest BCUT2D eigenvalue weighted by Crippen LogP contribution is 2.54. The molecule has 28 heavy (non-hydrogen) atoms. The number of hydrogen-bond donors (Lipinski definition) is 1. The third-order valence-corrected chi connectivity index (χ3v) is 6.51. The van der Waals surface area contributed by atoms with Gasteiger partial charge in [0.2, 0.25) is 0 Å². The van der Waals surface area contributed by atoms with Crippen molar-refractivity contribution >= 4 is 28.7 Å². The number of methoxy groups -OCH3 is 1. The van der Waals surface area contributed by atoms with Crippen molar-refractivity contribution in [2.24, 2.45) is 10.9 Å². The Hall–Kier alpha value is -2.29. The number of carboxylic acid groups (broad SMARTS) is 1. The second-order valence-electron chi connectivity index (χ2n) is 8.15. The molecule has 1 aromatic carbocycles. The van der Waals surface area contributed by atoms with Crippen LogP contribution in [-0.4, -0.2) is 44.6 Å². The number of thioether (sulfide) groups is 1. The minimum Gasteiger partial charge on any atom is -0.496 e. The van der Waals surface area contributed by atoms with Gasteiger partial charge in [0, 0.05) is 29.0 Å². The van der Waals surface area contributed by atoms with Gasteiger partial charge in [0.25, 0.3) is 5.69 Å². The van der Waals surface area contributed by atoms with Crippen LogP contribution in [0.25, 0.3) is 0 Å². The molecule has 1 N–H and O–H groups in total. The first kappa shape index (κ1) is 20.4. The maximum atomic E-state index is 12.0. The van der Waals surface area contributed by atoms with Crippen LogP contribution in [0, 0.1) is 16.0 Å². The largest absolute Gasteiger partial charge is 0.496 e. The summed E-state index contributed by atoms with van der Waals surface area (Å²) in [5.41, 5.74) is -0.714. The minimum absolute atomic E-state index is 0.0169. The molecular formula is C19H25N3O5S. The lowest BCUT2D eigenvalue weighted by Gasteiger charge is -2.41. The third-order valence-electron chi connectivity index (χ3n) is 5.41. The van der Waals surface area contributed by atoms with Crippen LogP contribution in [-0.2, 0) is 5.54 Å². The number of amidine groups is 1. The number of rotatable bonds is 3. The van der Waals surface area contributed by atoms with E-state index in [9.17, 15) is 20.0 Å². The zero-order valence-electron chi connectivity index (χ0n) is 16.5. The molecule has 0 bridgehead atoms. The van der Waals surface area contributed by atoms with Gasteiger partial charge in [-0.2, -0.15) is 0 Å². The molecule has 9 heteroatoms. The van der Waals surface area contributed by atoms with E-state index < -0.39 is 22.1 Å². The number of nitro groups is 1. The van der Waals surface area contributed by atoms with Gasteiger partial charge in [-0.1, -0.05) is 18.2 Å². The molecule has 1 saturated carbocycles. The van der Waals surface area contributed by atoms with Gasteiger partial charge in [0.15, 0.2) is 5.17 Å². The van der Waals surface area contributed by atoms with Crippen LogP contribution in [0.15, 0.2) is 23.2 Å². The number of carbonyl (C=O) groups is 1. The molecule has 1 aromatic rings. The normalized spacial score (nSPS) is 24.3.